The van der Waals surface area contributed by atoms with Crippen LogP contribution in [0.15, 0.2) is 29.7 Å². The molecular weight excluding hydrogens is 256 g/mol. The molecule has 2 aromatic rings. The maximum absolute atomic E-state index is 8.72. The van der Waals surface area contributed by atoms with Crippen LogP contribution in [0.25, 0.3) is 0 Å². The van der Waals surface area contributed by atoms with Crippen LogP contribution in [0.2, 0.25) is 0 Å². The van der Waals surface area contributed by atoms with Gasteiger partial charge in [-0.05, 0) is 37.1 Å². The van der Waals surface area contributed by atoms with E-state index in [-0.39, 0.29) is 5.84 Å². The molecule has 0 radical (unpaired) electrons. The van der Waals surface area contributed by atoms with Gasteiger partial charge in [-0.3, -0.25) is 4.68 Å². The largest absolute Gasteiger partial charge is 0.488 e. The van der Waals surface area contributed by atoms with Crippen molar-refractivity contribution < 1.29 is 9.94 Å². The third kappa shape index (κ3) is 2.90. The first-order chi connectivity index (χ1) is 9.51. The second-order valence-corrected chi connectivity index (χ2v) is 4.74. The Hall–Kier alpha value is -2.50. The summed E-state index contributed by atoms with van der Waals surface area (Å²) in [6.07, 6.45) is 3.69. The van der Waals surface area contributed by atoms with Crippen LogP contribution < -0.4 is 10.5 Å². The molecule has 0 aliphatic rings. The third-order valence-corrected chi connectivity index (χ3v) is 3.01. The number of nitrogens with zero attached hydrogens (tertiary/aromatic N) is 3. The summed E-state index contributed by atoms with van der Waals surface area (Å²) in [6.45, 7) is 4.32. The quantitative estimate of drug-likeness (QED) is 0.384. The van der Waals surface area contributed by atoms with Gasteiger partial charge in [-0.25, -0.2) is 0 Å². The first-order valence-electron chi connectivity index (χ1n) is 6.20. The average molecular weight is 274 g/mol. The van der Waals surface area contributed by atoms with Gasteiger partial charge in [0.25, 0.3) is 0 Å². The number of rotatable bonds is 4. The lowest BCUT2D eigenvalue weighted by atomic mass is 10.1. The Morgan fingerprint density at radius 2 is 2.05 bits per heavy atom. The Kier molecular flexibility index (Phi) is 3.93. The Morgan fingerprint density at radius 1 is 1.40 bits per heavy atom. The highest BCUT2D eigenvalue weighted by molar-refractivity contribution is 5.97. The zero-order valence-corrected chi connectivity index (χ0v) is 11.8. The van der Waals surface area contributed by atoms with E-state index >= 15 is 0 Å². The van der Waals surface area contributed by atoms with Crippen LogP contribution in [0.5, 0.6) is 5.75 Å². The molecule has 0 bridgehead atoms. The van der Waals surface area contributed by atoms with Crippen molar-refractivity contribution >= 4 is 5.84 Å². The molecule has 1 aromatic carbocycles. The number of benzene rings is 1. The van der Waals surface area contributed by atoms with Crippen molar-refractivity contribution in [3.63, 3.8) is 0 Å². The summed E-state index contributed by atoms with van der Waals surface area (Å²) in [7, 11) is 1.87. The molecule has 0 aliphatic heterocycles. The van der Waals surface area contributed by atoms with Crippen molar-refractivity contribution in [3.05, 3.63) is 46.8 Å². The van der Waals surface area contributed by atoms with Crippen molar-refractivity contribution in [3.8, 4) is 5.75 Å². The van der Waals surface area contributed by atoms with E-state index < -0.39 is 0 Å². The van der Waals surface area contributed by atoms with Gasteiger partial charge in [-0.15, -0.1) is 0 Å². The molecule has 0 atom stereocenters. The molecule has 0 fully saturated rings. The maximum atomic E-state index is 8.72. The van der Waals surface area contributed by atoms with Gasteiger partial charge in [0, 0.05) is 24.4 Å². The Labute approximate surface area is 117 Å². The van der Waals surface area contributed by atoms with Gasteiger partial charge in [0.2, 0.25) is 0 Å². The van der Waals surface area contributed by atoms with Gasteiger partial charge in [0.15, 0.2) is 5.84 Å². The smallest absolute Gasteiger partial charge is 0.170 e. The summed E-state index contributed by atoms with van der Waals surface area (Å²) in [5.74, 6) is 0.901. The van der Waals surface area contributed by atoms with Crippen LogP contribution in [0.1, 0.15) is 22.3 Å². The summed E-state index contributed by atoms with van der Waals surface area (Å²) in [5.41, 5.74) is 9.16. The lowest BCUT2D eigenvalue weighted by molar-refractivity contribution is 0.302. The number of amidine groups is 1. The van der Waals surface area contributed by atoms with Crippen LogP contribution in [0.4, 0.5) is 0 Å². The molecule has 2 rings (SSSR count). The predicted molar refractivity (Wildman–Crippen MR) is 76.0 cm³/mol. The molecular formula is C14H18N4O2. The molecule has 6 nitrogen and oxygen atoms in total. The van der Waals surface area contributed by atoms with Crippen molar-refractivity contribution in [2.45, 2.75) is 20.5 Å². The molecule has 0 unspecified atom stereocenters. The van der Waals surface area contributed by atoms with Gasteiger partial charge in [0.05, 0.1) is 6.20 Å². The summed E-state index contributed by atoms with van der Waals surface area (Å²) in [5, 5.41) is 15.8. The first kappa shape index (κ1) is 13.9. The molecule has 1 aromatic heterocycles. The van der Waals surface area contributed by atoms with E-state index in [1.165, 1.54) is 0 Å². The number of aromatic nitrogens is 2. The minimum Gasteiger partial charge on any atom is -0.488 e. The van der Waals surface area contributed by atoms with E-state index in [9.17, 15) is 0 Å². The van der Waals surface area contributed by atoms with E-state index in [1.54, 1.807) is 10.9 Å². The molecule has 3 N–H and O–H groups in total. The third-order valence-electron chi connectivity index (χ3n) is 3.01. The molecule has 0 spiro atoms. The first-order valence-corrected chi connectivity index (χ1v) is 6.20. The molecule has 6 heteroatoms. The second kappa shape index (κ2) is 5.64. The number of nitrogens with two attached hydrogens (primary N) is 1. The number of oxime groups is 1. The van der Waals surface area contributed by atoms with Crippen LogP contribution in [-0.2, 0) is 13.7 Å². The highest BCUT2D eigenvalue weighted by Gasteiger charge is 2.09. The molecule has 0 saturated heterocycles. The van der Waals surface area contributed by atoms with E-state index in [1.807, 2.05) is 39.2 Å². The number of ether oxygens (including phenoxy) is 1. The van der Waals surface area contributed by atoms with Gasteiger partial charge in [0.1, 0.15) is 12.4 Å². The molecule has 0 aliphatic carbocycles. The minimum atomic E-state index is 0.0926. The van der Waals surface area contributed by atoms with Gasteiger partial charge >= 0.3 is 0 Å². The number of hydrogen-bond acceptors (Lipinski definition) is 4. The second-order valence-electron chi connectivity index (χ2n) is 4.74. The Balaban J connectivity index is 2.20. The van der Waals surface area contributed by atoms with Crippen molar-refractivity contribution in [1.29, 1.82) is 0 Å². The van der Waals surface area contributed by atoms with Crippen LogP contribution >= 0.6 is 0 Å². The monoisotopic (exact) mass is 274 g/mol. The van der Waals surface area contributed by atoms with Crippen molar-refractivity contribution in [1.82, 2.24) is 9.78 Å². The Bertz CT molecular complexity index is 623. The SMILES string of the molecule is Cc1cc(C(N)=NO)cc(C)c1OCc1cnn(C)c1. The number of hydrogen-bond donors (Lipinski definition) is 2. The maximum Gasteiger partial charge on any atom is 0.170 e. The van der Waals surface area contributed by atoms with Gasteiger partial charge in [-0.1, -0.05) is 5.16 Å². The highest BCUT2D eigenvalue weighted by atomic mass is 16.5. The Morgan fingerprint density at radius 3 is 2.55 bits per heavy atom. The van der Waals surface area contributed by atoms with Gasteiger partial charge in [-0.2, -0.15) is 5.10 Å². The zero-order valence-electron chi connectivity index (χ0n) is 11.8. The fourth-order valence-corrected chi connectivity index (χ4v) is 2.09. The fraction of sp³-hybridized carbons (Fsp3) is 0.286. The van der Waals surface area contributed by atoms with Crippen LogP contribution in [0, 0.1) is 13.8 Å². The fourth-order valence-electron chi connectivity index (χ4n) is 2.09. The predicted octanol–water partition coefficient (Wildman–Crippen LogP) is 1.71. The lowest BCUT2D eigenvalue weighted by Gasteiger charge is -2.13. The molecule has 1 heterocycles. The van der Waals surface area contributed by atoms with E-state index in [2.05, 4.69) is 10.3 Å². The van der Waals surface area contributed by atoms with Crippen molar-refractivity contribution in [2.75, 3.05) is 0 Å². The van der Waals surface area contributed by atoms with Crippen molar-refractivity contribution in [2.24, 2.45) is 17.9 Å². The summed E-state index contributed by atoms with van der Waals surface area (Å²) >= 11 is 0. The topological polar surface area (TPSA) is 85.7 Å². The highest BCUT2D eigenvalue weighted by Crippen LogP contribution is 2.25. The molecule has 106 valence electrons. The number of aryl methyl sites for hydroxylation is 3. The summed E-state index contributed by atoms with van der Waals surface area (Å²) < 4.78 is 7.57. The minimum absolute atomic E-state index is 0.0926. The average Bonchev–Trinajstić information content (AvgIpc) is 2.82. The normalized spacial score (nSPS) is 11.7. The summed E-state index contributed by atoms with van der Waals surface area (Å²) in [6, 6.07) is 3.67. The summed E-state index contributed by atoms with van der Waals surface area (Å²) in [4.78, 5) is 0. The van der Waals surface area contributed by atoms with Crippen LogP contribution in [0.3, 0.4) is 0 Å². The molecule has 0 saturated carbocycles. The van der Waals surface area contributed by atoms with E-state index in [0.29, 0.717) is 12.2 Å². The lowest BCUT2D eigenvalue weighted by Crippen LogP contribution is -2.14. The van der Waals surface area contributed by atoms with E-state index in [4.69, 9.17) is 15.7 Å². The van der Waals surface area contributed by atoms with Gasteiger partial charge < -0.3 is 15.7 Å². The standard InChI is InChI=1S/C14H18N4O2/c1-9-4-12(14(15)17-19)5-10(2)13(9)20-8-11-6-16-18(3)7-11/h4-7,19H,8H2,1-3H3,(H2,15,17). The van der Waals surface area contributed by atoms with E-state index in [0.717, 1.165) is 22.4 Å². The van der Waals surface area contributed by atoms with Crippen LogP contribution in [-0.4, -0.2) is 20.8 Å². The molecule has 0 amide bonds. The molecule has 20 heavy (non-hydrogen) atoms. The zero-order chi connectivity index (χ0) is 14.7.